The summed E-state index contributed by atoms with van der Waals surface area (Å²) in [6, 6.07) is 11.4. The van der Waals surface area contributed by atoms with Crippen molar-refractivity contribution in [1.82, 2.24) is 9.80 Å². The number of anilines is 1. The second-order valence-corrected chi connectivity index (χ2v) is 13.2. The molecular formula is C35H45N3O6. The second kappa shape index (κ2) is 13.2. The van der Waals surface area contributed by atoms with Crippen molar-refractivity contribution in [2.75, 3.05) is 38.6 Å². The number of benzene rings is 2. The monoisotopic (exact) mass is 603 g/mol. The van der Waals surface area contributed by atoms with E-state index in [1.807, 2.05) is 97.0 Å². The topological polar surface area (TPSA) is 97.4 Å². The lowest BCUT2D eigenvalue weighted by atomic mass is 9.95. The average molecular weight is 604 g/mol. The molecule has 0 radical (unpaired) electrons. The Kier molecular flexibility index (Phi) is 9.76. The van der Waals surface area contributed by atoms with E-state index >= 15 is 0 Å². The largest absolute Gasteiger partial charge is 0.496 e. The first kappa shape index (κ1) is 32.6. The SMILES string of the molecule is COc1cc(NC(=O)c2ccc(C3=CCN(C(=O)OC(C)(C)C)CC3)cc2C)ccc1C1=CCN(C(=O)OC(C)(C)C)CC1. The Morgan fingerprint density at radius 2 is 1.34 bits per heavy atom. The molecular weight excluding hydrogens is 558 g/mol. The van der Waals surface area contributed by atoms with Crippen LogP contribution in [0.2, 0.25) is 0 Å². The maximum Gasteiger partial charge on any atom is 0.410 e. The number of aryl methyl sites for hydroxylation is 1. The Morgan fingerprint density at radius 1 is 0.773 bits per heavy atom. The van der Waals surface area contributed by atoms with E-state index < -0.39 is 11.2 Å². The van der Waals surface area contributed by atoms with Gasteiger partial charge in [0.2, 0.25) is 0 Å². The molecule has 4 rings (SSSR count). The molecule has 0 unspecified atom stereocenters. The minimum absolute atomic E-state index is 0.206. The van der Waals surface area contributed by atoms with Crippen LogP contribution in [0.5, 0.6) is 5.75 Å². The molecule has 2 aliphatic rings. The molecule has 3 amide bonds. The molecule has 0 saturated heterocycles. The van der Waals surface area contributed by atoms with Crippen LogP contribution >= 0.6 is 0 Å². The predicted molar refractivity (Wildman–Crippen MR) is 173 cm³/mol. The lowest BCUT2D eigenvalue weighted by molar-refractivity contribution is 0.0260. The molecule has 0 spiro atoms. The van der Waals surface area contributed by atoms with Crippen molar-refractivity contribution in [1.29, 1.82) is 0 Å². The van der Waals surface area contributed by atoms with Crippen molar-refractivity contribution in [3.63, 3.8) is 0 Å². The molecule has 2 heterocycles. The lowest BCUT2D eigenvalue weighted by Crippen LogP contribution is -2.39. The van der Waals surface area contributed by atoms with E-state index in [0.29, 0.717) is 56.0 Å². The highest BCUT2D eigenvalue weighted by molar-refractivity contribution is 6.05. The summed E-state index contributed by atoms with van der Waals surface area (Å²) in [5.41, 5.74) is 5.21. The minimum atomic E-state index is -0.536. The van der Waals surface area contributed by atoms with Crippen molar-refractivity contribution < 1.29 is 28.6 Å². The number of methoxy groups -OCH3 is 1. The van der Waals surface area contributed by atoms with Crippen LogP contribution in [0, 0.1) is 6.92 Å². The van der Waals surface area contributed by atoms with Crippen LogP contribution in [0.25, 0.3) is 11.1 Å². The molecule has 2 aromatic rings. The number of nitrogens with one attached hydrogen (secondary N) is 1. The van der Waals surface area contributed by atoms with Gasteiger partial charge in [-0.1, -0.05) is 24.3 Å². The predicted octanol–water partition coefficient (Wildman–Crippen LogP) is 7.30. The minimum Gasteiger partial charge on any atom is -0.496 e. The van der Waals surface area contributed by atoms with Gasteiger partial charge in [0.05, 0.1) is 7.11 Å². The summed E-state index contributed by atoms with van der Waals surface area (Å²) < 4.78 is 16.7. The van der Waals surface area contributed by atoms with Gasteiger partial charge in [-0.2, -0.15) is 0 Å². The maximum absolute atomic E-state index is 13.3. The van der Waals surface area contributed by atoms with Gasteiger partial charge in [0.1, 0.15) is 17.0 Å². The van der Waals surface area contributed by atoms with E-state index in [1.54, 1.807) is 16.9 Å². The van der Waals surface area contributed by atoms with Gasteiger partial charge in [-0.25, -0.2) is 9.59 Å². The Morgan fingerprint density at radius 3 is 1.82 bits per heavy atom. The van der Waals surface area contributed by atoms with Crippen LogP contribution in [-0.2, 0) is 9.47 Å². The van der Waals surface area contributed by atoms with Crippen molar-refractivity contribution in [2.45, 2.75) is 72.5 Å². The maximum atomic E-state index is 13.3. The van der Waals surface area contributed by atoms with Crippen LogP contribution in [0.3, 0.4) is 0 Å². The zero-order valence-corrected chi connectivity index (χ0v) is 27.2. The Labute approximate surface area is 260 Å². The summed E-state index contributed by atoms with van der Waals surface area (Å²) in [6.07, 6.45) is 4.83. The van der Waals surface area contributed by atoms with Gasteiger partial charge in [-0.15, -0.1) is 0 Å². The van der Waals surface area contributed by atoms with Gasteiger partial charge in [0.15, 0.2) is 0 Å². The molecule has 0 atom stereocenters. The Bertz CT molecular complexity index is 1480. The van der Waals surface area contributed by atoms with Gasteiger partial charge >= 0.3 is 12.2 Å². The summed E-state index contributed by atoms with van der Waals surface area (Å²) in [5.74, 6) is 0.443. The molecule has 1 N–H and O–H groups in total. The third-order valence-corrected chi connectivity index (χ3v) is 7.37. The number of amides is 3. The van der Waals surface area contributed by atoms with E-state index in [1.165, 1.54) is 0 Å². The van der Waals surface area contributed by atoms with Crippen LogP contribution in [0.1, 0.15) is 81.4 Å². The highest BCUT2D eigenvalue weighted by Gasteiger charge is 2.26. The molecule has 9 nitrogen and oxygen atoms in total. The molecule has 0 bridgehead atoms. The first-order chi connectivity index (χ1) is 20.6. The van der Waals surface area contributed by atoms with E-state index in [-0.39, 0.29) is 18.1 Å². The second-order valence-electron chi connectivity index (χ2n) is 13.2. The van der Waals surface area contributed by atoms with Crippen molar-refractivity contribution in [3.05, 3.63) is 70.8 Å². The number of carbonyl (C=O) groups excluding carboxylic acids is 3. The van der Waals surface area contributed by atoms with Gasteiger partial charge in [0, 0.05) is 49.1 Å². The van der Waals surface area contributed by atoms with Crippen molar-refractivity contribution >= 4 is 34.9 Å². The van der Waals surface area contributed by atoms with Gasteiger partial charge in [-0.3, -0.25) is 4.79 Å². The van der Waals surface area contributed by atoms with Gasteiger partial charge in [-0.05, 0) is 102 Å². The standard InChI is InChI=1S/C35H45N3O6/c1-23-21-26(24-13-17-37(18-14-24)32(40)43-34(2,3)4)9-11-28(23)31(39)36-27-10-12-29(30(22-27)42-8)25-15-19-38(20-16-25)33(41)44-35(5,6)7/h9-13,15,21-22H,14,16-20H2,1-8H3,(H,36,39). The van der Waals surface area contributed by atoms with Crippen LogP contribution < -0.4 is 10.1 Å². The number of rotatable bonds is 5. The number of ether oxygens (including phenoxy) is 3. The van der Waals surface area contributed by atoms with Crippen molar-refractivity contribution in [3.8, 4) is 5.75 Å². The fraction of sp³-hybridized carbons (Fsp3) is 0.457. The quantitative estimate of drug-likeness (QED) is 0.385. The summed E-state index contributed by atoms with van der Waals surface area (Å²) >= 11 is 0. The summed E-state index contributed by atoms with van der Waals surface area (Å²) in [5, 5.41) is 3.00. The molecule has 0 aliphatic carbocycles. The number of hydrogen-bond donors (Lipinski definition) is 1. The summed E-state index contributed by atoms with van der Waals surface area (Å²) in [4.78, 5) is 41.5. The third kappa shape index (κ3) is 8.42. The normalized spacial score (nSPS) is 15.6. The highest BCUT2D eigenvalue weighted by atomic mass is 16.6. The zero-order chi connectivity index (χ0) is 32.2. The summed E-state index contributed by atoms with van der Waals surface area (Å²) in [7, 11) is 1.61. The molecule has 236 valence electrons. The molecule has 2 aliphatic heterocycles. The molecule has 0 aromatic heterocycles. The van der Waals surface area contributed by atoms with Crippen LogP contribution in [0.4, 0.5) is 15.3 Å². The first-order valence-electron chi connectivity index (χ1n) is 15.1. The van der Waals surface area contributed by atoms with Gasteiger partial charge < -0.3 is 29.3 Å². The zero-order valence-electron chi connectivity index (χ0n) is 27.2. The fourth-order valence-corrected chi connectivity index (χ4v) is 5.18. The van der Waals surface area contributed by atoms with Crippen LogP contribution in [0.15, 0.2) is 48.6 Å². The smallest absolute Gasteiger partial charge is 0.410 e. The van der Waals surface area contributed by atoms with E-state index in [2.05, 4.69) is 5.32 Å². The lowest BCUT2D eigenvalue weighted by Gasteiger charge is -2.30. The highest BCUT2D eigenvalue weighted by Crippen LogP contribution is 2.33. The van der Waals surface area contributed by atoms with E-state index in [4.69, 9.17) is 14.2 Å². The van der Waals surface area contributed by atoms with Crippen molar-refractivity contribution in [2.24, 2.45) is 0 Å². The summed E-state index contributed by atoms with van der Waals surface area (Å²) in [6.45, 7) is 15.2. The molecule has 0 fully saturated rings. The molecule has 44 heavy (non-hydrogen) atoms. The van der Waals surface area contributed by atoms with Crippen LogP contribution in [-0.4, -0.2) is 72.4 Å². The number of nitrogens with zero attached hydrogens (tertiary/aromatic N) is 2. The Balaban J connectivity index is 1.40. The third-order valence-electron chi connectivity index (χ3n) is 7.37. The van der Waals surface area contributed by atoms with Gasteiger partial charge in [0.25, 0.3) is 5.91 Å². The first-order valence-corrected chi connectivity index (χ1v) is 15.1. The fourth-order valence-electron chi connectivity index (χ4n) is 5.18. The number of hydrogen-bond acceptors (Lipinski definition) is 6. The van der Waals surface area contributed by atoms with E-state index in [0.717, 1.165) is 27.8 Å². The van der Waals surface area contributed by atoms with E-state index in [9.17, 15) is 14.4 Å². The molecule has 2 aromatic carbocycles. The number of carbonyl (C=O) groups is 3. The molecule has 0 saturated carbocycles. The average Bonchev–Trinajstić information content (AvgIpc) is 2.95. The Hall–Kier alpha value is -4.27. The molecule has 9 heteroatoms.